The molecule has 0 amide bonds. The van der Waals surface area contributed by atoms with Crippen LogP contribution in [-0.2, 0) is 20.6 Å². The van der Waals surface area contributed by atoms with Crippen molar-refractivity contribution in [1.29, 1.82) is 0 Å². The lowest BCUT2D eigenvalue weighted by Gasteiger charge is -2.16. The van der Waals surface area contributed by atoms with Gasteiger partial charge in [-0.15, -0.1) is 0 Å². The molecule has 1 aliphatic heterocycles. The summed E-state index contributed by atoms with van der Waals surface area (Å²) in [6.45, 7) is 0.865. The van der Waals surface area contributed by atoms with E-state index in [0.717, 1.165) is 4.57 Å². The van der Waals surface area contributed by atoms with Crippen LogP contribution in [0.1, 0.15) is 23.8 Å². The van der Waals surface area contributed by atoms with Crippen LogP contribution in [0.15, 0.2) is 38.5 Å². The predicted molar refractivity (Wildman–Crippen MR) is 112 cm³/mol. The number of nitro groups is 1. The van der Waals surface area contributed by atoms with Crippen molar-refractivity contribution in [2.45, 2.75) is 38.2 Å². The van der Waals surface area contributed by atoms with Crippen molar-refractivity contribution in [3.8, 4) is 0 Å². The topological polar surface area (TPSA) is 163 Å². The van der Waals surface area contributed by atoms with Crippen molar-refractivity contribution in [3.05, 3.63) is 70.9 Å². The van der Waals surface area contributed by atoms with Crippen LogP contribution in [-0.4, -0.2) is 51.2 Å². The third-order valence-electron chi connectivity index (χ3n) is 4.93. The smallest absolute Gasteiger partial charge is 0.434 e. The van der Waals surface area contributed by atoms with Gasteiger partial charge in [0.15, 0.2) is 0 Å². The molecule has 2 N–H and O–H groups in total. The standard InChI is InChI=1S/C19H20BrN3O9/c1-10-8-22(18(26)21-17(10)25)16-7-14(15(9-24)31-16)32-19(27)30-6-5-11-12(20)3-2-4-13(11)23(28)29/h2-4,8,14-16,24H,5-7,9H2,1H3,(H,21,25,26)/t14?,15-,16-/m1/s1. The summed E-state index contributed by atoms with van der Waals surface area (Å²) < 4.78 is 17.5. The van der Waals surface area contributed by atoms with E-state index in [0.29, 0.717) is 15.6 Å². The Morgan fingerprint density at radius 1 is 1.44 bits per heavy atom. The first-order valence-corrected chi connectivity index (χ1v) is 10.3. The number of carbonyl (C=O) groups excluding carboxylic acids is 1. The van der Waals surface area contributed by atoms with Crippen LogP contribution in [0.3, 0.4) is 0 Å². The number of benzene rings is 1. The van der Waals surface area contributed by atoms with Gasteiger partial charge in [-0.25, -0.2) is 9.59 Å². The van der Waals surface area contributed by atoms with Crippen LogP contribution in [0.25, 0.3) is 0 Å². The SMILES string of the molecule is Cc1cn([C@H]2CC(OC(=O)OCCc3c(Br)cccc3[N+](=O)[O-])[C@@H](CO)O2)c(=O)[nH]c1=O. The number of hydrogen-bond donors (Lipinski definition) is 2. The van der Waals surface area contributed by atoms with Crippen molar-refractivity contribution in [1.82, 2.24) is 9.55 Å². The molecule has 3 atom stereocenters. The van der Waals surface area contributed by atoms with E-state index in [1.165, 1.54) is 25.3 Å². The van der Waals surface area contributed by atoms with Gasteiger partial charge >= 0.3 is 11.8 Å². The molecular formula is C19H20BrN3O9. The van der Waals surface area contributed by atoms with Crippen LogP contribution in [0.4, 0.5) is 10.5 Å². The molecule has 0 bridgehead atoms. The second-order valence-corrected chi connectivity index (χ2v) is 7.88. The minimum Gasteiger partial charge on any atom is -0.434 e. The molecule has 1 aromatic carbocycles. The molecule has 3 rings (SSSR count). The first kappa shape index (κ1) is 23.6. The molecule has 1 saturated heterocycles. The Hall–Kier alpha value is -3.03. The Morgan fingerprint density at radius 2 is 2.19 bits per heavy atom. The Morgan fingerprint density at radius 3 is 2.88 bits per heavy atom. The van der Waals surface area contributed by atoms with Crippen LogP contribution in [0.2, 0.25) is 0 Å². The van der Waals surface area contributed by atoms with Crippen LogP contribution in [0.5, 0.6) is 0 Å². The van der Waals surface area contributed by atoms with Gasteiger partial charge in [0.2, 0.25) is 0 Å². The molecular weight excluding hydrogens is 494 g/mol. The van der Waals surface area contributed by atoms with Gasteiger partial charge in [0, 0.05) is 40.7 Å². The summed E-state index contributed by atoms with van der Waals surface area (Å²) in [5.41, 5.74) is -0.662. The molecule has 2 aromatic rings. The summed E-state index contributed by atoms with van der Waals surface area (Å²) in [4.78, 5) is 48.5. The molecule has 0 radical (unpaired) electrons. The van der Waals surface area contributed by atoms with Crippen LogP contribution >= 0.6 is 15.9 Å². The molecule has 12 nitrogen and oxygen atoms in total. The number of hydrogen-bond acceptors (Lipinski definition) is 9. The summed E-state index contributed by atoms with van der Waals surface area (Å²) in [7, 11) is 0. The lowest BCUT2D eigenvalue weighted by molar-refractivity contribution is -0.385. The second kappa shape index (κ2) is 10.1. The zero-order chi connectivity index (χ0) is 23.4. The molecule has 172 valence electrons. The lowest BCUT2D eigenvalue weighted by atomic mass is 10.1. The maximum absolute atomic E-state index is 12.1. The maximum atomic E-state index is 12.1. The van der Waals surface area contributed by atoms with Gasteiger partial charge in [0.25, 0.3) is 11.2 Å². The highest BCUT2D eigenvalue weighted by Crippen LogP contribution is 2.30. The lowest BCUT2D eigenvalue weighted by Crippen LogP contribution is -2.33. The van der Waals surface area contributed by atoms with Gasteiger partial charge in [-0.1, -0.05) is 22.0 Å². The van der Waals surface area contributed by atoms with E-state index >= 15 is 0 Å². The average Bonchev–Trinajstić information content (AvgIpc) is 3.14. The van der Waals surface area contributed by atoms with Gasteiger partial charge in [-0.05, 0) is 13.0 Å². The normalized spacial score (nSPS) is 20.2. The summed E-state index contributed by atoms with van der Waals surface area (Å²) in [6, 6.07) is 4.52. The molecule has 32 heavy (non-hydrogen) atoms. The minimum absolute atomic E-state index is 0.0431. The highest BCUT2D eigenvalue weighted by atomic mass is 79.9. The number of ether oxygens (including phenoxy) is 3. The molecule has 1 aliphatic rings. The van der Waals surface area contributed by atoms with Gasteiger partial charge in [0.05, 0.1) is 18.1 Å². The maximum Gasteiger partial charge on any atom is 0.508 e. The molecule has 1 unspecified atom stereocenters. The molecule has 2 heterocycles. The van der Waals surface area contributed by atoms with Crippen molar-refractivity contribution < 1.29 is 29.0 Å². The fourth-order valence-corrected chi connectivity index (χ4v) is 3.87. The zero-order valence-electron chi connectivity index (χ0n) is 16.9. The molecule has 0 aliphatic carbocycles. The summed E-state index contributed by atoms with van der Waals surface area (Å²) in [5, 5.41) is 20.7. The number of carbonyl (C=O) groups is 1. The number of aliphatic hydroxyl groups excluding tert-OH is 1. The van der Waals surface area contributed by atoms with E-state index in [2.05, 4.69) is 20.9 Å². The average molecular weight is 514 g/mol. The number of nitrogens with one attached hydrogen (secondary N) is 1. The Balaban J connectivity index is 1.61. The molecule has 1 aromatic heterocycles. The monoisotopic (exact) mass is 513 g/mol. The molecule has 13 heteroatoms. The number of aromatic amines is 1. The van der Waals surface area contributed by atoms with Crippen LogP contribution < -0.4 is 11.2 Å². The fourth-order valence-electron chi connectivity index (χ4n) is 3.32. The van der Waals surface area contributed by atoms with E-state index in [1.807, 2.05) is 0 Å². The molecule has 1 fully saturated rings. The highest BCUT2D eigenvalue weighted by molar-refractivity contribution is 9.10. The van der Waals surface area contributed by atoms with Crippen molar-refractivity contribution in [2.75, 3.05) is 13.2 Å². The van der Waals surface area contributed by atoms with Crippen molar-refractivity contribution >= 4 is 27.8 Å². The Bertz CT molecular complexity index is 1130. The third kappa shape index (κ3) is 5.23. The first-order valence-electron chi connectivity index (χ1n) is 9.54. The molecule has 0 spiro atoms. The number of rotatable bonds is 7. The quantitative estimate of drug-likeness (QED) is 0.317. The van der Waals surface area contributed by atoms with Crippen molar-refractivity contribution in [2.24, 2.45) is 0 Å². The van der Waals surface area contributed by atoms with E-state index in [9.17, 15) is 29.6 Å². The second-order valence-electron chi connectivity index (χ2n) is 7.03. The van der Waals surface area contributed by atoms with Gasteiger partial charge in [-0.2, -0.15) is 0 Å². The van der Waals surface area contributed by atoms with Crippen molar-refractivity contribution in [3.63, 3.8) is 0 Å². The van der Waals surface area contributed by atoms with E-state index in [1.54, 1.807) is 6.07 Å². The number of H-pyrrole nitrogens is 1. The summed E-state index contributed by atoms with van der Waals surface area (Å²) in [6.07, 6.45) is -2.28. The first-order chi connectivity index (χ1) is 15.2. The van der Waals surface area contributed by atoms with E-state index in [-0.39, 0.29) is 25.1 Å². The summed E-state index contributed by atoms with van der Waals surface area (Å²) in [5.74, 6) is 0. The van der Waals surface area contributed by atoms with Gasteiger partial charge in [0.1, 0.15) is 18.4 Å². The zero-order valence-corrected chi connectivity index (χ0v) is 18.4. The Kier molecular flexibility index (Phi) is 7.43. The predicted octanol–water partition coefficient (Wildman–Crippen LogP) is 1.56. The number of nitro benzene ring substituents is 1. The largest absolute Gasteiger partial charge is 0.508 e. The van der Waals surface area contributed by atoms with E-state index < -0.39 is 47.4 Å². The number of aryl methyl sites for hydroxylation is 1. The minimum atomic E-state index is -1.04. The van der Waals surface area contributed by atoms with Gasteiger partial charge in [-0.3, -0.25) is 24.5 Å². The number of aromatic nitrogens is 2. The van der Waals surface area contributed by atoms with E-state index in [4.69, 9.17) is 14.2 Å². The third-order valence-corrected chi connectivity index (χ3v) is 5.67. The molecule has 0 saturated carbocycles. The number of halogens is 1. The highest BCUT2D eigenvalue weighted by Gasteiger charge is 2.39. The Labute approximate surface area is 189 Å². The fraction of sp³-hybridized carbons (Fsp3) is 0.421. The summed E-state index contributed by atoms with van der Waals surface area (Å²) >= 11 is 3.24. The van der Waals surface area contributed by atoms with Crippen LogP contribution in [0, 0.1) is 17.0 Å². The number of aliphatic hydroxyl groups is 1. The number of nitrogens with zero attached hydrogens (tertiary/aromatic N) is 2. The van der Waals surface area contributed by atoms with Gasteiger partial charge < -0.3 is 19.3 Å².